The molecule has 2 aromatic carbocycles. The average Bonchev–Trinajstić information content (AvgIpc) is 2.39. The minimum atomic E-state index is -0.408. The minimum Gasteiger partial charge on any atom is -0.389 e. The molecule has 0 fully saturated rings. The van der Waals surface area contributed by atoms with Crippen LogP contribution in [0.25, 0.3) is 0 Å². The molecule has 96 valence electrons. The molecule has 0 unspecified atom stereocenters. The van der Waals surface area contributed by atoms with Gasteiger partial charge in [0.05, 0.1) is 0 Å². The van der Waals surface area contributed by atoms with E-state index in [1.807, 2.05) is 0 Å². The fourth-order valence-electron chi connectivity index (χ4n) is 1.58. The van der Waals surface area contributed by atoms with E-state index in [1.165, 1.54) is 18.2 Å². The zero-order chi connectivity index (χ0) is 13.8. The molecular formula is C14H11FN2OS. The van der Waals surface area contributed by atoms with Gasteiger partial charge in [0.15, 0.2) is 0 Å². The molecule has 0 saturated heterocycles. The van der Waals surface area contributed by atoms with Gasteiger partial charge in [-0.3, -0.25) is 4.79 Å². The van der Waals surface area contributed by atoms with E-state index < -0.39 is 5.82 Å². The minimum absolute atomic E-state index is 0.223. The first-order chi connectivity index (χ1) is 9.06. The van der Waals surface area contributed by atoms with Crippen LogP contribution in [0.3, 0.4) is 0 Å². The molecule has 0 saturated carbocycles. The Bertz CT molecular complexity index is 643. The summed E-state index contributed by atoms with van der Waals surface area (Å²) in [5.41, 5.74) is 6.92. The quantitative estimate of drug-likeness (QED) is 0.846. The molecule has 0 bridgehead atoms. The van der Waals surface area contributed by atoms with Crippen molar-refractivity contribution in [2.24, 2.45) is 5.73 Å². The van der Waals surface area contributed by atoms with Crippen molar-refractivity contribution in [3.05, 3.63) is 65.5 Å². The van der Waals surface area contributed by atoms with E-state index in [9.17, 15) is 9.18 Å². The van der Waals surface area contributed by atoms with Crippen LogP contribution in [0.15, 0.2) is 48.5 Å². The van der Waals surface area contributed by atoms with E-state index in [0.29, 0.717) is 16.8 Å². The topological polar surface area (TPSA) is 55.1 Å². The third-order valence-electron chi connectivity index (χ3n) is 2.49. The lowest BCUT2D eigenvalue weighted by atomic mass is 10.1. The van der Waals surface area contributed by atoms with Gasteiger partial charge in [0.1, 0.15) is 10.8 Å². The van der Waals surface area contributed by atoms with Gasteiger partial charge in [-0.1, -0.05) is 30.4 Å². The number of thiocarbonyl (C=S) groups is 1. The van der Waals surface area contributed by atoms with Crippen LogP contribution >= 0.6 is 12.2 Å². The van der Waals surface area contributed by atoms with Crippen LogP contribution < -0.4 is 11.1 Å². The third kappa shape index (κ3) is 3.35. The van der Waals surface area contributed by atoms with Crippen LogP contribution in [0.5, 0.6) is 0 Å². The van der Waals surface area contributed by atoms with Gasteiger partial charge in [0.2, 0.25) is 0 Å². The summed E-state index contributed by atoms with van der Waals surface area (Å²) in [6, 6.07) is 12.3. The summed E-state index contributed by atoms with van der Waals surface area (Å²) in [5, 5.41) is 2.60. The smallest absolute Gasteiger partial charge is 0.255 e. The molecule has 5 heteroatoms. The van der Waals surface area contributed by atoms with E-state index >= 15 is 0 Å². The Labute approximate surface area is 115 Å². The predicted octanol–water partition coefficient (Wildman–Crippen LogP) is 2.71. The number of hydrogen-bond donors (Lipinski definition) is 2. The zero-order valence-corrected chi connectivity index (χ0v) is 10.7. The van der Waals surface area contributed by atoms with Crippen LogP contribution in [0, 0.1) is 5.82 Å². The predicted molar refractivity (Wildman–Crippen MR) is 76.7 cm³/mol. The molecule has 0 aliphatic rings. The van der Waals surface area contributed by atoms with Crippen molar-refractivity contribution in [2.75, 3.05) is 5.32 Å². The SMILES string of the molecule is NC(=S)c1cccc(C(=O)Nc2cccc(F)c2)c1. The van der Waals surface area contributed by atoms with Crippen molar-refractivity contribution in [3.8, 4) is 0 Å². The summed E-state index contributed by atoms with van der Waals surface area (Å²) < 4.78 is 13.0. The van der Waals surface area contributed by atoms with E-state index in [2.05, 4.69) is 5.32 Å². The zero-order valence-electron chi connectivity index (χ0n) is 9.89. The number of nitrogens with two attached hydrogens (primary N) is 1. The lowest BCUT2D eigenvalue weighted by molar-refractivity contribution is 0.102. The fourth-order valence-corrected chi connectivity index (χ4v) is 1.71. The molecule has 0 heterocycles. The highest BCUT2D eigenvalue weighted by Gasteiger charge is 2.08. The van der Waals surface area contributed by atoms with Crippen LogP contribution in [-0.2, 0) is 0 Å². The number of benzene rings is 2. The number of carbonyl (C=O) groups is 1. The standard InChI is InChI=1S/C14H11FN2OS/c15-11-5-2-6-12(8-11)17-14(18)10-4-1-3-9(7-10)13(16)19/h1-8H,(H2,16,19)(H,17,18). The second kappa shape index (κ2) is 5.58. The first-order valence-electron chi connectivity index (χ1n) is 5.53. The molecule has 0 radical (unpaired) electrons. The Kier molecular flexibility index (Phi) is 3.87. The van der Waals surface area contributed by atoms with Crippen molar-refractivity contribution in [1.82, 2.24) is 0 Å². The highest BCUT2D eigenvalue weighted by Crippen LogP contribution is 2.12. The Morgan fingerprint density at radius 2 is 1.79 bits per heavy atom. The van der Waals surface area contributed by atoms with Crippen molar-refractivity contribution in [1.29, 1.82) is 0 Å². The van der Waals surface area contributed by atoms with Gasteiger partial charge in [-0.05, 0) is 30.3 Å². The number of anilines is 1. The Balaban J connectivity index is 2.20. The van der Waals surface area contributed by atoms with Crippen LogP contribution in [0.1, 0.15) is 15.9 Å². The van der Waals surface area contributed by atoms with Gasteiger partial charge in [0, 0.05) is 16.8 Å². The van der Waals surface area contributed by atoms with Crippen molar-refractivity contribution in [2.45, 2.75) is 0 Å². The van der Waals surface area contributed by atoms with Gasteiger partial charge < -0.3 is 11.1 Å². The molecule has 2 aromatic rings. The van der Waals surface area contributed by atoms with Crippen molar-refractivity contribution in [3.63, 3.8) is 0 Å². The maximum absolute atomic E-state index is 13.0. The number of hydrogen-bond acceptors (Lipinski definition) is 2. The van der Waals surface area contributed by atoms with Gasteiger partial charge in [0.25, 0.3) is 5.91 Å². The van der Waals surface area contributed by atoms with Crippen LogP contribution in [0.2, 0.25) is 0 Å². The summed E-state index contributed by atoms with van der Waals surface area (Å²) >= 11 is 4.85. The molecule has 3 N–H and O–H groups in total. The van der Waals surface area contributed by atoms with Gasteiger partial charge in [-0.2, -0.15) is 0 Å². The van der Waals surface area contributed by atoms with E-state index in [1.54, 1.807) is 30.3 Å². The summed E-state index contributed by atoms with van der Waals surface area (Å²) in [6.07, 6.45) is 0. The van der Waals surface area contributed by atoms with Crippen LogP contribution in [-0.4, -0.2) is 10.9 Å². The monoisotopic (exact) mass is 274 g/mol. The summed E-state index contributed by atoms with van der Waals surface area (Å²) in [7, 11) is 0. The number of rotatable bonds is 3. The second-order valence-corrected chi connectivity index (χ2v) is 4.35. The third-order valence-corrected chi connectivity index (χ3v) is 2.73. The fraction of sp³-hybridized carbons (Fsp3) is 0. The Morgan fingerprint density at radius 1 is 1.11 bits per heavy atom. The van der Waals surface area contributed by atoms with Crippen molar-refractivity contribution >= 4 is 28.8 Å². The Hall–Kier alpha value is -2.27. The molecule has 19 heavy (non-hydrogen) atoms. The average molecular weight is 274 g/mol. The van der Waals surface area contributed by atoms with Gasteiger partial charge in [-0.25, -0.2) is 4.39 Å². The molecule has 0 aromatic heterocycles. The lowest BCUT2D eigenvalue weighted by Gasteiger charge is -2.06. The second-order valence-electron chi connectivity index (χ2n) is 3.91. The number of nitrogens with one attached hydrogen (secondary N) is 1. The molecular weight excluding hydrogens is 263 g/mol. The Morgan fingerprint density at radius 3 is 2.47 bits per heavy atom. The molecule has 0 aliphatic carbocycles. The summed E-state index contributed by atoms with van der Waals surface area (Å²) in [4.78, 5) is 12.2. The molecule has 1 amide bonds. The maximum atomic E-state index is 13.0. The molecule has 0 aliphatic heterocycles. The largest absolute Gasteiger partial charge is 0.389 e. The normalized spacial score (nSPS) is 9.95. The van der Waals surface area contributed by atoms with Gasteiger partial charge >= 0.3 is 0 Å². The van der Waals surface area contributed by atoms with E-state index in [4.69, 9.17) is 18.0 Å². The van der Waals surface area contributed by atoms with Crippen molar-refractivity contribution < 1.29 is 9.18 Å². The van der Waals surface area contributed by atoms with Crippen LogP contribution in [0.4, 0.5) is 10.1 Å². The summed E-state index contributed by atoms with van der Waals surface area (Å²) in [5.74, 6) is -0.751. The molecule has 3 nitrogen and oxygen atoms in total. The first kappa shape index (κ1) is 13.2. The number of carbonyl (C=O) groups excluding carboxylic acids is 1. The molecule has 0 spiro atoms. The number of halogens is 1. The lowest BCUT2D eigenvalue weighted by Crippen LogP contribution is -2.14. The maximum Gasteiger partial charge on any atom is 0.255 e. The van der Waals surface area contributed by atoms with Gasteiger partial charge in [-0.15, -0.1) is 0 Å². The highest BCUT2D eigenvalue weighted by molar-refractivity contribution is 7.80. The summed E-state index contributed by atoms with van der Waals surface area (Å²) in [6.45, 7) is 0. The molecule has 2 rings (SSSR count). The number of amides is 1. The van der Waals surface area contributed by atoms with E-state index in [-0.39, 0.29) is 10.9 Å². The first-order valence-corrected chi connectivity index (χ1v) is 5.94. The highest BCUT2D eigenvalue weighted by atomic mass is 32.1. The van der Waals surface area contributed by atoms with E-state index in [0.717, 1.165) is 0 Å². The molecule has 0 atom stereocenters.